The Morgan fingerprint density at radius 1 is 1.24 bits per heavy atom. The van der Waals surface area contributed by atoms with Crippen LogP contribution >= 0.6 is 0 Å². The van der Waals surface area contributed by atoms with Crippen molar-refractivity contribution in [1.29, 1.82) is 0 Å². The normalized spacial score (nSPS) is 12.2. The van der Waals surface area contributed by atoms with Crippen LogP contribution in [-0.4, -0.2) is 13.6 Å². The van der Waals surface area contributed by atoms with Crippen molar-refractivity contribution in [3.63, 3.8) is 0 Å². The summed E-state index contributed by atoms with van der Waals surface area (Å²) in [6, 6.07) is 5.44. The first-order valence-electron chi connectivity index (χ1n) is 5.50. The SMILES string of the molecule is CNCCC=CCc1cccc(C(F)(F)F)c1. The summed E-state index contributed by atoms with van der Waals surface area (Å²) in [7, 11) is 1.86. The Labute approximate surface area is 99.3 Å². The van der Waals surface area contributed by atoms with Crippen molar-refractivity contribution in [2.75, 3.05) is 13.6 Å². The fourth-order valence-electron chi connectivity index (χ4n) is 1.44. The molecule has 0 radical (unpaired) electrons. The van der Waals surface area contributed by atoms with E-state index in [1.165, 1.54) is 12.1 Å². The molecule has 1 rings (SSSR count). The van der Waals surface area contributed by atoms with Gasteiger partial charge in [0.15, 0.2) is 0 Å². The van der Waals surface area contributed by atoms with Crippen molar-refractivity contribution in [1.82, 2.24) is 5.32 Å². The van der Waals surface area contributed by atoms with Crippen molar-refractivity contribution >= 4 is 0 Å². The zero-order valence-electron chi connectivity index (χ0n) is 9.72. The van der Waals surface area contributed by atoms with Crippen LogP contribution in [-0.2, 0) is 12.6 Å². The summed E-state index contributed by atoms with van der Waals surface area (Å²) in [4.78, 5) is 0. The predicted molar refractivity (Wildman–Crippen MR) is 62.8 cm³/mol. The van der Waals surface area contributed by atoms with Gasteiger partial charge in [0.25, 0.3) is 0 Å². The molecule has 17 heavy (non-hydrogen) atoms. The highest BCUT2D eigenvalue weighted by Crippen LogP contribution is 2.29. The third-order valence-electron chi connectivity index (χ3n) is 2.34. The molecule has 0 aromatic heterocycles. The Kier molecular flexibility index (Phi) is 5.22. The number of hydrogen-bond acceptors (Lipinski definition) is 1. The standard InChI is InChI=1S/C13H16F3N/c1-17-9-4-2-3-6-11-7-5-8-12(10-11)13(14,15)16/h2-3,5,7-8,10,17H,4,6,9H2,1H3. The Bertz CT molecular complexity index is 369. The number of benzene rings is 1. The lowest BCUT2D eigenvalue weighted by Crippen LogP contribution is -2.06. The van der Waals surface area contributed by atoms with E-state index >= 15 is 0 Å². The van der Waals surface area contributed by atoms with Gasteiger partial charge in [0.1, 0.15) is 0 Å². The van der Waals surface area contributed by atoms with Crippen LogP contribution in [0, 0.1) is 0 Å². The highest BCUT2D eigenvalue weighted by atomic mass is 19.4. The zero-order chi connectivity index (χ0) is 12.7. The van der Waals surface area contributed by atoms with Gasteiger partial charge >= 0.3 is 6.18 Å². The molecule has 0 spiro atoms. The first kappa shape index (κ1) is 13.8. The Morgan fingerprint density at radius 3 is 2.65 bits per heavy atom. The molecule has 1 aromatic carbocycles. The molecule has 1 N–H and O–H groups in total. The van der Waals surface area contributed by atoms with Crippen LogP contribution in [0.1, 0.15) is 17.5 Å². The molecule has 0 heterocycles. The Balaban J connectivity index is 2.57. The summed E-state index contributed by atoms with van der Waals surface area (Å²) in [6.07, 6.45) is 1.03. The Morgan fingerprint density at radius 2 is 2.00 bits per heavy atom. The van der Waals surface area contributed by atoms with E-state index in [9.17, 15) is 13.2 Å². The van der Waals surface area contributed by atoms with Crippen LogP contribution in [0.2, 0.25) is 0 Å². The van der Waals surface area contributed by atoms with Gasteiger partial charge in [0.2, 0.25) is 0 Å². The summed E-state index contributed by atoms with van der Waals surface area (Å²) in [5, 5.41) is 3.00. The van der Waals surface area contributed by atoms with E-state index in [0.717, 1.165) is 19.0 Å². The number of allylic oxidation sites excluding steroid dienone is 1. The second-order valence-electron chi connectivity index (χ2n) is 3.77. The third kappa shape index (κ3) is 5.04. The molecule has 94 valence electrons. The molecule has 0 aliphatic rings. The lowest BCUT2D eigenvalue weighted by molar-refractivity contribution is -0.137. The molecule has 0 amide bonds. The van der Waals surface area contributed by atoms with E-state index in [0.29, 0.717) is 12.0 Å². The second kappa shape index (κ2) is 6.45. The quantitative estimate of drug-likeness (QED) is 0.617. The van der Waals surface area contributed by atoms with E-state index < -0.39 is 11.7 Å². The van der Waals surface area contributed by atoms with E-state index in [2.05, 4.69) is 5.32 Å². The highest BCUT2D eigenvalue weighted by Gasteiger charge is 2.30. The van der Waals surface area contributed by atoms with Crippen molar-refractivity contribution in [3.8, 4) is 0 Å². The van der Waals surface area contributed by atoms with Gasteiger partial charge in [-0.1, -0.05) is 30.4 Å². The van der Waals surface area contributed by atoms with E-state index in [1.54, 1.807) is 6.07 Å². The molecule has 0 aliphatic carbocycles. The molecular weight excluding hydrogens is 227 g/mol. The summed E-state index contributed by atoms with van der Waals surface area (Å²) >= 11 is 0. The minimum Gasteiger partial charge on any atom is -0.319 e. The molecule has 1 nitrogen and oxygen atoms in total. The smallest absolute Gasteiger partial charge is 0.319 e. The van der Waals surface area contributed by atoms with Gasteiger partial charge in [-0.2, -0.15) is 13.2 Å². The molecule has 0 bridgehead atoms. The monoisotopic (exact) mass is 243 g/mol. The Hall–Kier alpha value is -1.29. The molecule has 0 aliphatic heterocycles. The zero-order valence-corrected chi connectivity index (χ0v) is 9.72. The van der Waals surface area contributed by atoms with Crippen molar-refractivity contribution in [2.24, 2.45) is 0 Å². The molecule has 0 unspecified atom stereocenters. The molecule has 0 saturated heterocycles. The highest BCUT2D eigenvalue weighted by molar-refractivity contribution is 5.27. The summed E-state index contributed by atoms with van der Waals surface area (Å²) in [6.45, 7) is 0.874. The number of alkyl halides is 3. The van der Waals surface area contributed by atoms with Gasteiger partial charge in [0, 0.05) is 0 Å². The fourth-order valence-corrected chi connectivity index (χ4v) is 1.44. The molecule has 1 aromatic rings. The van der Waals surface area contributed by atoms with Crippen LogP contribution in [0.15, 0.2) is 36.4 Å². The summed E-state index contributed by atoms with van der Waals surface area (Å²) in [5.41, 5.74) is 0.0964. The summed E-state index contributed by atoms with van der Waals surface area (Å²) < 4.78 is 37.3. The average Bonchev–Trinajstić information content (AvgIpc) is 2.28. The molecule has 0 fully saturated rings. The maximum atomic E-state index is 12.4. The first-order chi connectivity index (χ1) is 8.04. The molecule has 0 atom stereocenters. The van der Waals surface area contributed by atoms with E-state index in [-0.39, 0.29) is 0 Å². The molecular formula is C13H16F3N. The van der Waals surface area contributed by atoms with Crippen LogP contribution in [0.5, 0.6) is 0 Å². The largest absolute Gasteiger partial charge is 0.416 e. The van der Waals surface area contributed by atoms with Gasteiger partial charge in [-0.05, 0) is 38.1 Å². The maximum absolute atomic E-state index is 12.4. The lowest BCUT2D eigenvalue weighted by Gasteiger charge is -2.07. The third-order valence-corrected chi connectivity index (χ3v) is 2.34. The second-order valence-corrected chi connectivity index (χ2v) is 3.77. The van der Waals surface area contributed by atoms with Crippen LogP contribution in [0.3, 0.4) is 0 Å². The van der Waals surface area contributed by atoms with Crippen molar-refractivity contribution in [2.45, 2.75) is 19.0 Å². The minimum atomic E-state index is -4.26. The van der Waals surface area contributed by atoms with Crippen LogP contribution in [0.4, 0.5) is 13.2 Å². The lowest BCUT2D eigenvalue weighted by atomic mass is 10.1. The fraction of sp³-hybridized carbons (Fsp3) is 0.385. The van der Waals surface area contributed by atoms with Gasteiger partial charge < -0.3 is 5.32 Å². The molecule has 4 heteroatoms. The first-order valence-corrected chi connectivity index (χ1v) is 5.50. The topological polar surface area (TPSA) is 12.0 Å². The molecule has 0 saturated carbocycles. The van der Waals surface area contributed by atoms with Gasteiger partial charge in [-0.15, -0.1) is 0 Å². The number of hydrogen-bond donors (Lipinski definition) is 1. The number of nitrogens with one attached hydrogen (secondary N) is 1. The maximum Gasteiger partial charge on any atom is 0.416 e. The minimum absolute atomic E-state index is 0.535. The van der Waals surface area contributed by atoms with Crippen molar-refractivity contribution < 1.29 is 13.2 Å². The number of rotatable bonds is 5. The van der Waals surface area contributed by atoms with Gasteiger partial charge in [0.05, 0.1) is 5.56 Å². The van der Waals surface area contributed by atoms with E-state index in [1.807, 2.05) is 19.2 Å². The van der Waals surface area contributed by atoms with Crippen molar-refractivity contribution in [3.05, 3.63) is 47.5 Å². The van der Waals surface area contributed by atoms with Gasteiger partial charge in [-0.25, -0.2) is 0 Å². The summed E-state index contributed by atoms with van der Waals surface area (Å²) in [5.74, 6) is 0. The predicted octanol–water partition coefficient (Wildman–Crippen LogP) is 3.41. The van der Waals surface area contributed by atoms with Crippen LogP contribution in [0.25, 0.3) is 0 Å². The van der Waals surface area contributed by atoms with E-state index in [4.69, 9.17) is 0 Å². The number of halogens is 3. The van der Waals surface area contributed by atoms with Gasteiger partial charge in [-0.3, -0.25) is 0 Å². The average molecular weight is 243 g/mol. The van der Waals surface area contributed by atoms with Crippen LogP contribution < -0.4 is 5.32 Å².